The van der Waals surface area contributed by atoms with Gasteiger partial charge in [-0.1, -0.05) is 85.8 Å². The molecule has 1 aliphatic heterocycles. The fourth-order valence-corrected chi connectivity index (χ4v) is 5.70. The second kappa shape index (κ2) is 17.4. The number of methoxy groups -OCH3 is 1. The van der Waals surface area contributed by atoms with Crippen LogP contribution < -0.4 is 15.4 Å². The molecule has 1 aliphatic rings. The van der Waals surface area contributed by atoms with Gasteiger partial charge in [0.25, 0.3) is 5.91 Å². The highest BCUT2D eigenvalue weighted by atomic mass is 16.6. The van der Waals surface area contributed by atoms with Crippen molar-refractivity contribution in [3.63, 3.8) is 0 Å². The maximum absolute atomic E-state index is 14.4. The molecule has 3 atom stereocenters. The summed E-state index contributed by atoms with van der Waals surface area (Å²) in [7, 11) is 1.59. The first-order chi connectivity index (χ1) is 23.9. The summed E-state index contributed by atoms with van der Waals surface area (Å²) in [6.07, 6.45) is -0.539. The number of ether oxygens (including phenoxy) is 4. The lowest BCUT2D eigenvalue weighted by Gasteiger charge is -2.39. The largest absolute Gasteiger partial charge is 0.496 e. The Morgan fingerprint density at radius 3 is 2.02 bits per heavy atom. The van der Waals surface area contributed by atoms with Gasteiger partial charge in [-0.3, -0.25) is 9.59 Å². The van der Waals surface area contributed by atoms with Crippen molar-refractivity contribution >= 4 is 23.9 Å². The van der Waals surface area contributed by atoms with E-state index in [1.165, 1.54) is 13.0 Å². The number of rotatable bonds is 13. The Balaban J connectivity index is 1.71. The normalized spacial score (nSPS) is 17.1. The van der Waals surface area contributed by atoms with E-state index in [0.717, 1.165) is 16.7 Å². The highest BCUT2D eigenvalue weighted by molar-refractivity contribution is 5.90. The highest BCUT2D eigenvalue weighted by Crippen LogP contribution is 2.30. The van der Waals surface area contributed by atoms with Gasteiger partial charge in [0.2, 0.25) is 11.7 Å². The summed E-state index contributed by atoms with van der Waals surface area (Å²) in [4.78, 5) is 55.7. The second-order valence-electron chi connectivity index (χ2n) is 13.0. The predicted molar refractivity (Wildman–Crippen MR) is 188 cm³/mol. The standard InChI is InChI=1S/C39H47N3O8/c1-7-23-42(24-22-27-16-14-15-21-31(27)47-6)36(44)35-33(40-26(2)43)30(41-38(46)50-39(3,4)5)25-32(48-35)37(45)49-34(28-17-10-8-11-18-28)29-19-12-9-13-20-29/h8-21,25,30,33-35H,7,22-24H2,1-6H3,(H,40,43)(H,41,46)/t30-,33+,35+/m0/s1. The average Bonchev–Trinajstić information content (AvgIpc) is 3.09. The molecule has 0 fully saturated rings. The van der Waals surface area contributed by atoms with Crippen LogP contribution in [0, 0.1) is 0 Å². The van der Waals surface area contributed by atoms with Crippen LogP contribution in [0.1, 0.15) is 63.8 Å². The van der Waals surface area contributed by atoms with Gasteiger partial charge in [-0.15, -0.1) is 0 Å². The molecule has 3 aromatic carbocycles. The third-order valence-electron chi connectivity index (χ3n) is 7.87. The SMILES string of the molecule is CCCN(CCc1ccccc1OC)C(=O)[C@@H]1OC(C(=O)OC(c2ccccc2)c2ccccc2)=C[C@H](NC(=O)OC(C)(C)C)[C@H]1NC(C)=O. The third kappa shape index (κ3) is 10.3. The summed E-state index contributed by atoms with van der Waals surface area (Å²) in [6, 6.07) is 23.9. The van der Waals surface area contributed by atoms with Crippen LogP contribution in [0.3, 0.4) is 0 Å². The number of alkyl carbamates (subject to hydrolysis) is 1. The van der Waals surface area contributed by atoms with Crippen molar-refractivity contribution in [2.45, 2.75) is 77.4 Å². The van der Waals surface area contributed by atoms with Gasteiger partial charge in [-0.2, -0.15) is 0 Å². The van der Waals surface area contributed by atoms with Crippen LogP contribution in [0.15, 0.2) is 96.8 Å². The van der Waals surface area contributed by atoms with Crippen LogP contribution in [-0.2, 0) is 35.0 Å². The average molecular weight is 686 g/mol. The number of carbonyl (C=O) groups excluding carboxylic acids is 4. The first kappa shape index (κ1) is 37.5. The molecule has 11 nitrogen and oxygen atoms in total. The molecule has 3 aromatic rings. The zero-order valence-electron chi connectivity index (χ0n) is 29.5. The Labute approximate surface area is 293 Å². The first-order valence-corrected chi connectivity index (χ1v) is 16.8. The molecule has 0 aliphatic carbocycles. The van der Waals surface area contributed by atoms with Gasteiger partial charge in [0.05, 0.1) is 19.2 Å². The molecule has 0 saturated heterocycles. The van der Waals surface area contributed by atoms with Crippen molar-refractivity contribution in [2.24, 2.45) is 0 Å². The minimum atomic E-state index is -1.40. The molecule has 1 heterocycles. The quantitative estimate of drug-likeness (QED) is 0.226. The molecule has 0 saturated carbocycles. The van der Waals surface area contributed by atoms with Crippen molar-refractivity contribution < 1.29 is 38.1 Å². The van der Waals surface area contributed by atoms with Crippen molar-refractivity contribution in [3.8, 4) is 5.75 Å². The van der Waals surface area contributed by atoms with E-state index in [1.807, 2.05) is 91.9 Å². The molecule has 2 N–H and O–H groups in total. The number of para-hydroxylation sites is 1. The van der Waals surface area contributed by atoms with E-state index in [4.69, 9.17) is 18.9 Å². The molecule has 50 heavy (non-hydrogen) atoms. The van der Waals surface area contributed by atoms with Crippen molar-refractivity contribution in [3.05, 3.63) is 113 Å². The molecular weight excluding hydrogens is 638 g/mol. The monoisotopic (exact) mass is 685 g/mol. The first-order valence-electron chi connectivity index (χ1n) is 16.8. The lowest BCUT2D eigenvalue weighted by molar-refractivity contribution is -0.154. The van der Waals surface area contributed by atoms with E-state index in [0.29, 0.717) is 31.7 Å². The fraction of sp³-hybridized carbons (Fsp3) is 0.385. The smallest absolute Gasteiger partial charge is 0.408 e. The number of hydrogen-bond donors (Lipinski definition) is 2. The lowest BCUT2D eigenvalue weighted by atomic mass is 9.96. The number of carbonyl (C=O) groups is 4. The number of amides is 3. The number of hydrogen-bond acceptors (Lipinski definition) is 8. The van der Waals surface area contributed by atoms with Crippen LogP contribution in [0.4, 0.5) is 4.79 Å². The zero-order chi connectivity index (χ0) is 36.3. The highest BCUT2D eigenvalue weighted by Gasteiger charge is 2.45. The molecule has 0 bridgehead atoms. The molecule has 0 aromatic heterocycles. The topological polar surface area (TPSA) is 132 Å². The molecule has 266 valence electrons. The van der Waals surface area contributed by atoms with E-state index < -0.39 is 53.8 Å². The molecule has 0 radical (unpaired) electrons. The predicted octanol–water partition coefficient (Wildman–Crippen LogP) is 5.49. The summed E-state index contributed by atoms with van der Waals surface area (Å²) >= 11 is 0. The molecule has 11 heteroatoms. The van der Waals surface area contributed by atoms with Crippen LogP contribution >= 0.6 is 0 Å². The minimum Gasteiger partial charge on any atom is -0.496 e. The van der Waals surface area contributed by atoms with E-state index in [-0.39, 0.29) is 5.76 Å². The Hall–Kier alpha value is -5.32. The van der Waals surface area contributed by atoms with Gasteiger partial charge in [0.1, 0.15) is 11.4 Å². The summed E-state index contributed by atoms with van der Waals surface area (Å²) < 4.78 is 23.3. The Morgan fingerprint density at radius 1 is 0.860 bits per heavy atom. The van der Waals surface area contributed by atoms with Gasteiger partial charge < -0.3 is 34.5 Å². The zero-order valence-corrected chi connectivity index (χ0v) is 29.5. The molecule has 0 unspecified atom stereocenters. The van der Waals surface area contributed by atoms with Crippen LogP contribution in [0.25, 0.3) is 0 Å². The summed E-state index contributed by atoms with van der Waals surface area (Å²) in [5.74, 6) is -1.38. The molecule has 3 amide bonds. The van der Waals surface area contributed by atoms with Gasteiger partial charge >= 0.3 is 12.1 Å². The summed E-state index contributed by atoms with van der Waals surface area (Å²) in [5, 5.41) is 5.51. The Morgan fingerprint density at radius 2 is 1.46 bits per heavy atom. The Bertz CT molecular complexity index is 1600. The molecule has 4 rings (SSSR count). The van der Waals surface area contributed by atoms with Crippen molar-refractivity contribution in [1.29, 1.82) is 0 Å². The fourth-order valence-electron chi connectivity index (χ4n) is 5.70. The van der Waals surface area contributed by atoms with E-state index >= 15 is 0 Å². The van der Waals surface area contributed by atoms with Crippen molar-refractivity contribution in [1.82, 2.24) is 15.5 Å². The van der Waals surface area contributed by atoms with E-state index in [9.17, 15) is 19.2 Å². The maximum Gasteiger partial charge on any atom is 0.408 e. The molecule has 0 spiro atoms. The number of benzene rings is 3. The second-order valence-corrected chi connectivity index (χ2v) is 13.0. The maximum atomic E-state index is 14.4. The third-order valence-corrected chi connectivity index (χ3v) is 7.87. The minimum absolute atomic E-state index is 0.288. The van der Waals surface area contributed by atoms with Gasteiger partial charge in [0.15, 0.2) is 12.2 Å². The number of nitrogens with one attached hydrogen (secondary N) is 2. The lowest BCUT2D eigenvalue weighted by Crippen LogP contribution is -2.63. The van der Waals surface area contributed by atoms with E-state index in [2.05, 4.69) is 10.6 Å². The van der Waals surface area contributed by atoms with Crippen LogP contribution in [-0.4, -0.2) is 72.8 Å². The van der Waals surface area contributed by atoms with Gasteiger partial charge in [-0.25, -0.2) is 9.59 Å². The van der Waals surface area contributed by atoms with Crippen LogP contribution in [0.2, 0.25) is 0 Å². The van der Waals surface area contributed by atoms with E-state index in [1.54, 1.807) is 32.8 Å². The van der Waals surface area contributed by atoms with Gasteiger partial charge in [0, 0.05) is 20.0 Å². The summed E-state index contributed by atoms with van der Waals surface area (Å²) in [6.45, 7) is 9.06. The van der Waals surface area contributed by atoms with Gasteiger partial charge in [-0.05, 0) is 62.4 Å². The van der Waals surface area contributed by atoms with Crippen LogP contribution in [0.5, 0.6) is 5.75 Å². The number of esters is 1. The molecular formula is C39H47N3O8. The summed E-state index contributed by atoms with van der Waals surface area (Å²) in [5.41, 5.74) is 1.52. The van der Waals surface area contributed by atoms with Crippen molar-refractivity contribution in [2.75, 3.05) is 20.2 Å². The Kier molecular flexibility index (Phi) is 13.0. The number of nitrogens with zero attached hydrogens (tertiary/aromatic N) is 1.